The van der Waals surface area contributed by atoms with E-state index >= 15 is 0 Å². The number of rotatable bonds is 4. The molecule has 0 aliphatic heterocycles. The van der Waals surface area contributed by atoms with Gasteiger partial charge in [-0.3, -0.25) is 0 Å². The Balaban J connectivity index is 2.64. The number of nitrogens with two attached hydrogens (primary N) is 1. The number of nitrogen functional groups attached to an aromatic ring is 1. The quantitative estimate of drug-likeness (QED) is 0.625. The van der Waals surface area contributed by atoms with Crippen LogP contribution in [0, 0.1) is 17.2 Å². The molecule has 0 fully saturated rings. The first-order valence-corrected chi connectivity index (χ1v) is 6.08. The lowest BCUT2D eigenvalue weighted by atomic mass is 10.2. The van der Waals surface area contributed by atoms with E-state index in [2.05, 4.69) is 19.9 Å². The van der Waals surface area contributed by atoms with E-state index in [9.17, 15) is 0 Å². The predicted molar refractivity (Wildman–Crippen MR) is 65.7 cm³/mol. The third-order valence-corrected chi connectivity index (χ3v) is 3.70. The summed E-state index contributed by atoms with van der Waals surface area (Å²) in [5.74, 6) is 1.81. The number of hydrogen-bond acceptors (Lipinski definition) is 3. The lowest BCUT2D eigenvalue weighted by Gasteiger charge is -2.08. The third kappa shape index (κ3) is 3.49. The first-order valence-electron chi connectivity index (χ1n) is 5.09. The average Bonchev–Trinajstić information content (AvgIpc) is 2.26. The van der Waals surface area contributed by atoms with Crippen LogP contribution in [0.15, 0.2) is 23.1 Å². The fraction of sp³-hybridized carbons (Fsp3) is 0.417. The number of hydrogen-bond donors (Lipinski definition) is 1. The van der Waals surface area contributed by atoms with E-state index in [4.69, 9.17) is 11.0 Å². The number of nitriles is 1. The van der Waals surface area contributed by atoms with E-state index in [1.165, 1.54) is 6.42 Å². The standard InChI is InChI=1S/C12H16N2S/c1-3-9(2)8-15-11-5-4-10(7-13)12(14)6-11/h4-6,9H,3,8,14H2,1-2H3. The van der Waals surface area contributed by atoms with Crippen LogP contribution >= 0.6 is 11.8 Å². The molecule has 0 saturated carbocycles. The van der Waals surface area contributed by atoms with E-state index in [0.29, 0.717) is 17.2 Å². The molecule has 1 rings (SSSR count). The van der Waals surface area contributed by atoms with Gasteiger partial charge in [-0.2, -0.15) is 5.26 Å². The molecule has 3 heteroatoms. The monoisotopic (exact) mass is 220 g/mol. The van der Waals surface area contributed by atoms with Crippen LogP contribution in [0.25, 0.3) is 0 Å². The molecular weight excluding hydrogens is 204 g/mol. The van der Waals surface area contributed by atoms with Crippen molar-refractivity contribution in [1.29, 1.82) is 5.26 Å². The Morgan fingerprint density at radius 3 is 2.80 bits per heavy atom. The van der Waals surface area contributed by atoms with E-state index in [-0.39, 0.29) is 0 Å². The van der Waals surface area contributed by atoms with Crippen molar-refractivity contribution in [1.82, 2.24) is 0 Å². The molecular formula is C12H16N2S. The van der Waals surface area contributed by atoms with Crippen LogP contribution in [0.1, 0.15) is 25.8 Å². The minimum Gasteiger partial charge on any atom is -0.398 e. The first-order chi connectivity index (χ1) is 7.17. The summed E-state index contributed by atoms with van der Waals surface area (Å²) in [4.78, 5) is 1.15. The first kappa shape index (κ1) is 11.9. The summed E-state index contributed by atoms with van der Waals surface area (Å²) >= 11 is 1.80. The van der Waals surface area contributed by atoms with E-state index in [1.54, 1.807) is 17.8 Å². The maximum absolute atomic E-state index is 8.73. The largest absolute Gasteiger partial charge is 0.398 e. The SMILES string of the molecule is CCC(C)CSc1ccc(C#N)c(N)c1. The van der Waals surface area contributed by atoms with Crippen molar-refractivity contribution in [3.63, 3.8) is 0 Å². The zero-order valence-corrected chi connectivity index (χ0v) is 9.97. The highest BCUT2D eigenvalue weighted by atomic mass is 32.2. The fourth-order valence-corrected chi connectivity index (χ4v) is 2.18. The predicted octanol–water partition coefficient (Wildman–Crippen LogP) is 3.28. The lowest BCUT2D eigenvalue weighted by molar-refractivity contribution is 0.637. The zero-order valence-electron chi connectivity index (χ0n) is 9.16. The van der Waals surface area contributed by atoms with Crippen LogP contribution in [0.3, 0.4) is 0 Å². The molecule has 0 bridgehead atoms. The molecule has 1 unspecified atom stereocenters. The molecule has 2 N–H and O–H groups in total. The van der Waals surface area contributed by atoms with Gasteiger partial charge in [0.2, 0.25) is 0 Å². The molecule has 2 nitrogen and oxygen atoms in total. The molecule has 0 amide bonds. The van der Waals surface area contributed by atoms with Crippen LogP contribution in [-0.2, 0) is 0 Å². The Morgan fingerprint density at radius 2 is 2.27 bits per heavy atom. The van der Waals surface area contributed by atoms with E-state index in [0.717, 1.165) is 10.6 Å². The summed E-state index contributed by atoms with van der Waals surface area (Å²) in [5, 5.41) is 8.73. The van der Waals surface area contributed by atoms with Gasteiger partial charge in [0.1, 0.15) is 6.07 Å². The maximum Gasteiger partial charge on any atom is 0.101 e. The zero-order chi connectivity index (χ0) is 11.3. The second-order valence-corrected chi connectivity index (χ2v) is 4.78. The molecule has 0 aliphatic carbocycles. The molecule has 80 valence electrons. The number of thioether (sulfide) groups is 1. The van der Waals surface area contributed by atoms with Gasteiger partial charge in [0, 0.05) is 10.6 Å². The summed E-state index contributed by atoms with van der Waals surface area (Å²) in [7, 11) is 0. The Morgan fingerprint density at radius 1 is 1.53 bits per heavy atom. The molecule has 0 aromatic heterocycles. The summed E-state index contributed by atoms with van der Waals surface area (Å²) in [5.41, 5.74) is 6.87. The van der Waals surface area contributed by atoms with Crippen LogP contribution in [0.4, 0.5) is 5.69 Å². The van der Waals surface area contributed by atoms with Gasteiger partial charge >= 0.3 is 0 Å². The third-order valence-electron chi connectivity index (χ3n) is 2.37. The van der Waals surface area contributed by atoms with Crippen molar-refractivity contribution >= 4 is 17.4 Å². The van der Waals surface area contributed by atoms with Crippen molar-refractivity contribution in [2.45, 2.75) is 25.2 Å². The van der Waals surface area contributed by atoms with Crippen molar-refractivity contribution in [2.24, 2.45) is 5.92 Å². The second kappa shape index (κ2) is 5.67. The minimum absolute atomic E-state index is 0.558. The molecule has 0 saturated heterocycles. The van der Waals surface area contributed by atoms with Crippen molar-refractivity contribution in [3.05, 3.63) is 23.8 Å². The van der Waals surface area contributed by atoms with Gasteiger partial charge in [-0.25, -0.2) is 0 Å². The molecule has 0 radical (unpaired) electrons. The Hall–Kier alpha value is -1.14. The summed E-state index contributed by atoms with van der Waals surface area (Å²) < 4.78 is 0. The number of benzene rings is 1. The molecule has 1 aromatic rings. The van der Waals surface area contributed by atoms with Gasteiger partial charge in [0.25, 0.3) is 0 Å². The topological polar surface area (TPSA) is 49.8 Å². The highest BCUT2D eigenvalue weighted by Crippen LogP contribution is 2.25. The van der Waals surface area contributed by atoms with E-state index < -0.39 is 0 Å². The molecule has 0 aliphatic rings. The van der Waals surface area contributed by atoms with Crippen LogP contribution in [-0.4, -0.2) is 5.75 Å². The normalized spacial score (nSPS) is 12.1. The molecule has 0 heterocycles. The van der Waals surface area contributed by atoms with Crippen LogP contribution < -0.4 is 5.73 Å². The van der Waals surface area contributed by atoms with Crippen molar-refractivity contribution in [2.75, 3.05) is 11.5 Å². The smallest absolute Gasteiger partial charge is 0.101 e. The Kier molecular flexibility index (Phi) is 4.51. The van der Waals surface area contributed by atoms with Crippen LogP contribution in [0.5, 0.6) is 0 Å². The Bertz CT molecular complexity index is 368. The molecule has 15 heavy (non-hydrogen) atoms. The summed E-state index contributed by atoms with van der Waals surface area (Å²) in [6.07, 6.45) is 1.19. The fourth-order valence-electron chi connectivity index (χ4n) is 1.09. The lowest BCUT2D eigenvalue weighted by Crippen LogP contribution is -1.96. The van der Waals surface area contributed by atoms with Gasteiger partial charge in [0.05, 0.1) is 11.3 Å². The van der Waals surface area contributed by atoms with Gasteiger partial charge < -0.3 is 5.73 Å². The summed E-state index contributed by atoms with van der Waals surface area (Å²) in [6.45, 7) is 4.43. The number of nitrogens with zero attached hydrogens (tertiary/aromatic N) is 1. The molecule has 0 spiro atoms. The van der Waals surface area contributed by atoms with E-state index in [1.807, 2.05) is 12.1 Å². The molecule has 1 atom stereocenters. The van der Waals surface area contributed by atoms with Crippen molar-refractivity contribution in [3.8, 4) is 6.07 Å². The van der Waals surface area contributed by atoms with Gasteiger partial charge in [-0.05, 0) is 24.1 Å². The van der Waals surface area contributed by atoms with Crippen molar-refractivity contribution < 1.29 is 0 Å². The Labute approximate surface area is 95.5 Å². The second-order valence-electron chi connectivity index (χ2n) is 3.69. The van der Waals surface area contributed by atoms with Gasteiger partial charge in [0.15, 0.2) is 0 Å². The summed E-state index contributed by atoms with van der Waals surface area (Å²) in [6, 6.07) is 7.69. The van der Waals surface area contributed by atoms with Crippen LogP contribution in [0.2, 0.25) is 0 Å². The van der Waals surface area contributed by atoms with Gasteiger partial charge in [-0.15, -0.1) is 11.8 Å². The number of anilines is 1. The minimum atomic E-state index is 0.558. The highest BCUT2D eigenvalue weighted by Gasteiger charge is 2.03. The highest BCUT2D eigenvalue weighted by molar-refractivity contribution is 7.99. The maximum atomic E-state index is 8.73. The molecule has 1 aromatic carbocycles. The average molecular weight is 220 g/mol. The van der Waals surface area contributed by atoms with Gasteiger partial charge in [-0.1, -0.05) is 20.3 Å².